The van der Waals surface area contributed by atoms with E-state index in [0.717, 1.165) is 36.5 Å². The second-order valence-electron chi connectivity index (χ2n) is 7.07. The number of hydrogen-bond acceptors (Lipinski definition) is 5. The fourth-order valence-electron chi connectivity index (χ4n) is 3.40. The first-order valence-corrected chi connectivity index (χ1v) is 9.94. The molecule has 8 heteroatoms. The molecule has 0 bridgehead atoms. The van der Waals surface area contributed by atoms with Gasteiger partial charge in [0.25, 0.3) is 0 Å². The van der Waals surface area contributed by atoms with Gasteiger partial charge in [-0.2, -0.15) is 0 Å². The minimum Gasteiger partial charge on any atom is -0.468 e. The predicted molar refractivity (Wildman–Crippen MR) is 110 cm³/mol. The maximum absolute atomic E-state index is 5.73. The molecule has 2 aromatic rings. The van der Waals surface area contributed by atoms with Gasteiger partial charge in [-0.3, -0.25) is 4.90 Å². The van der Waals surface area contributed by atoms with Crippen LogP contribution in [0.1, 0.15) is 42.7 Å². The van der Waals surface area contributed by atoms with E-state index in [9.17, 15) is 0 Å². The number of guanidine groups is 1. The number of aromatic nitrogens is 3. The molecule has 1 fully saturated rings. The van der Waals surface area contributed by atoms with E-state index < -0.39 is 0 Å². The summed E-state index contributed by atoms with van der Waals surface area (Å²) in [5.74, 6) is 3.42. The number of piperidine rings is 1. The third-order valence-corrected chi connectivity index (χ3v) is 5.14. The Hall–Kier alpha value is -2.61. The van der Waals surface area contributed by atoms with E-state index in [1.807, 2.05) is 30.7 Å². The van der Waals surface area contributed by atoms with E-state index in [2.05, 4.69) is 43.4 Å². The Morgan fingerprint density at radius 3 is 2.79 bits per heavy atom. The smallest absolute Gasteiger partial charge is 0.192 e. The van der Waals surface area contributed by atoms with Crippen LogP contribution in [0.4, 0.5) is 0 Å². The van der Waals surface area contributed by atoms with Crippen molar-refractivity contribution in [3.8, 4) is 0 Å². The van der Waals surface area contributed by atoms with E-state index in [0.29, 0.717) is 19.6 Å². The SMILES string of the molecule is C=CCNC(=NCc1nnc(C)n1C)NCC(c1ccco1)N1CCCCC1. The van der Waals surface area contributed by atoms with E-state index >= 15 is 0 Å². The van der Waals surface area contributed by atoms with Crippen molar-refractivity contribution in [3.63, 3.8) is 0 Å². The summed E-state index contributed by atoms with van der Waals surface area (Å²) < 4.78 is 7.68. The summed E-state index contributed by atoms with van der Waals surface area (Å²) in [6.45, 7) is 9.72. The van der Waals surface area contributed by atoms with Gasteiger partial charge >= 0.3 is 0 Å². The molecule has 3 heterocycles. The molecule has 0 spiro atoms. The van der Waals surface area contributed by atoms with E-state index in [1.165, 1.54) is 19.3 Å². The van der Waals surface area contributed by atoms with Crippen molar-refractivity contribution in [2.45, 2.75) is 38.8 Å². The largest absolute Gasteiger partial charge is 0.468 e. The van der Waals surface area contributed by atoms with Crippen LogP contribution in [0.3, 0.4) is 0 Å². The molecule has 0 saturated carbocycles. The zero-order valence-electron chi connectivity index (χ0n) is 16.9. The molecule has 0 aliphatic carbocycles. The summed E-state index contributed by atoms with van der Waals surface area (Å²) in [6, 6.07) is 4.19. The average Bonchev–Trinajstić information content (AvgIpc) is 3.36. The highest BCUT2D eigenvalue weighted by molar-refractivity contribution is 5.79. The minimum absolute atomic E-state index is 0.183. The average molecular weight is 386 g/mol. The Morgan fingerprint density at radius 2 is 2.14 bits per heavy atom. The summed E-state index contributed by atoms with van der Waals surface area (Å²) in [4.78, 5) is 7.17. The molecule has 1 aliphatic heterocycles. The maximum atomic E-state index is 5.73. The molecule has 2 N–H and O–H groups in total. The summed E-state index contributed by atoms with van der Waals surface area (Å²) in [5, 5.41) is 15.0. The third-order valence-electron chi connectivity index (χ3n) is 5.14. The van der Waals surface area contributed by atoms with Crippen molar-refractivity contribution < 1.29 is 4.42 Å². The molecule has 28 heavy (non-hydrogen) atoms. The van der Waals surface area contributed by atoms with Crippen LogP contribution in [0.25, 0.3) is 0 Å². The summed E-state index contributed by atoms with van der Waals surface area (Å²) in [5.41, 5.74) is 0. The van der Waals surface area contributed by atoms with Gasteiger partial charge in [0.05, 0.1) is 12.3 Å². The van der Waals surface area contributed by atoms with Gasteiger partial charge in [-0.15, -0.1) is 16.8 Å². The fraction of sp³-hybridized carbons (Fsp3) is 0.550. The van der Waals surface area contributed by atoms with Crippen LogP contribution in [-0.4, -0.2) is 51.8 Å². The van der Waals surface area contributed by atoms with Gasteiger partial charge in [0, 0.05) is 20.1 Å². The highest BCUT2D eigenvalue weighted by Gasteiger charge is 2.24. The lowest BCUT2D eigenvalue weighted by molar-refractivity contribution is 0.146. The van der Waals surface area contributed by atoms with Gasteiger partial charge in [0.15, 0.2) is 11.8 Å². The van der Waals surface area contributed by atoms with Gasteiger partial charge in [-0.25, -0.2) is 4.99 Å². The molecule has 1 atom stereocenters. The molecule has 0 radical (unpaired) electrons. The molecule has 3 rings (SSSR count). The number of aliphatic imine (C=N–C) groups is 1. The Balaban J connectivity index is 1.68. The Labute approximate surface area is 166 Å². The zero-order valence-corrected chi connectivity index (χ0v) is 16.9. The van der Waals surface area contributed by atoms with E-state index in [4.69, 9.17) is 4.42 Å². The quantitative estimate of drug-likeness (QED) is 0.412. The maximum Gasteiger partial charge on any atom is 0.192 e. The normalized spacial score (nSPS) is 16.7. The predicted octanol–water partition coefficient (Wildman–Crippen LogP) is 2.16. The second-order valence-corrected chi connectivity index (χ2v) is 7.07. The fourth-order valence-corrected chi connectivity index (χ4v) is 3.40. The number of aryl methyl sites for hydroxylation is 1. The Kier molecular flexibility index (Phi) is 7.25. The number of rotatable bonds is 8. The lowest BCUT2D eigenvalue weighted by Crippen LogP contribution is -2.44. The highest BCUT2D eigenvalue weighted by Crippen LogP contribution is 2.24. The Bertz CT molecular complexity index is 760. The van der Waals surface area contributed by atoms with Gasteiger partial charge in [-0.1, -0.05) is 12.5 Å². The van der Waals surface area contributed by atoms with Crippen molar-refractivity contribution in [3.05, 3.63) is 48.5 Å². The molecule has 2 aromatic heterocycles. The molecule has 0 aromatic carbocycles. The van der Waals surface area contributed by atoms with Gasteiger partial charge < -0.3 is 19.6 Å². The van der Waals surface area contributed by atoms with Crippen molar-refractivity contribution in [2.24, 2.45) is 12.0 Å². The van der Waals surface area contributed by atoms with Crippen LogP contribution in [0.2, 0.25) is 0 Å². The van der Waals surface area contributed by atoms with E-state index in [-0.39, 0.29) is 6.04 Å². The molecule has 0 amide bonds. The van der Waals surface area contributed by atoms with Crippen LogP contribution >= 0.6 is 0 Å². The lowest BCUT2D eigenvalue weighted by Gasteiger charge is -2.33. The van der Waals surface area contributed by atoms with E-state index in [1.54, 1.807) is 6.26 Å². The van der Waals surface area contributed by atoms with Crippen LogP contribution in [-0.2, 0) is 13.6 Å². The summed E-state index contributed by atoms with van der Waals surface area (Å²) >= 11 is 0. The first kappa shape index (κ1) is 20.1. The standard InChI is InChI=1S/C20H31N7O/c1-4-10-21-20(23-15-19-25-24-16(2)26(19)3)22-14-17(18-9-8-13-28-18)27-11-6-5-7-12-27/h4,8-9,13,17H,1,5-7,10-12,14-15H2,2-3H3,(H2,21,22,23). The van der Waals surface area contributed by atoms with Crippen molar-refractivity contribution in [1.29, 1.82) is 0 Å². The van der Waals surface area contributed by atoms with Gasteiger partial charge in [-0.05, 0) is 45.0 Å². The lowest BCUT2D eigenvalue weighted by atomic mass is 10.1. The molecular formula is C20H31N7O. The van der Waals surface area contributed by atoms with Crippen LogP contribution in [0.5, 0.6) is 0 Å². The number of nitrogens with one attached hydrogen (secondary N) is 2. The summed E-state index contributed by atoms with van der Waals surface area (Å²) in [6.07, 6.45) is 7.34. The topological polar surface area (TPSA) is 83.5 Å². The summed E-state index contributed by atoms with van der Waals surface area (Å²) in [7, 11) is 1.95. The van der Waals surface area contributed by atoms with Crippen molar-refractivity contribution in [1.82, 2.24) is 30.3 Å². The molecule has 1 saturated heterocycles. The highest BCUT2D eigenvalue weighted by atomic mass is 16.3. The molecule has 8 nitrogen and oxygen atoms in total. The first-order chi connectivity index (χ1) is 13.7. The van der Waals surface area contributed by atoms with Crippen LogP contribution < -0.4 is 10.6 Å². The minimum atomic E-state index is 0.183. The zero-order chi connectivity index (χ0) is 19.8. The monoisotopic (exact) mass is 385 g/mol. The number of hydrogen-bond donors (Lipinski definition) is 2. The molecular weight excluding hydrogens is 354 g/mol. The van der Waals surface area contributed by atoms with Crippen LogP contribution in [0.15, 0.2) is 40.5 Å². The second kappa shape index (κ2) is 10.1. The van der Waals surface area contributed by atoms with Gasteiger partial charge in [0.2, 0.25) is 0 Å². The number of nitrogens with zero attached hydrogens (tertiary/aromatic N) is 5. The Morgan fingerprint density at radius 1 is 1.32 bits per heavy atom. The number of likely N-dealkylation sites (tertiary alicyclic amines) is 1. The van der Waals surface area contributed by atoms with Crippen LogP contribution in [0, 0.1) is 6.92 Å². The molecule has 1 aliphatic rings. The number of furan rings is 1. The molecule has 152 valence electrons. The third kappa shape index (κ3) is 5.22. The van der Waals surface area contributed by atoms with Crippen molar-refractivity contribution >= 4 is 5.96 Å². The van der Waals surface area contributed by atoms with Crippen molar-refractivity contribution in [2.75, 3.05) is 26.2 Å². The van der Waals surface area contributed by atoms with Gasteiger partial charge in [0.1, 0.15) is 18.1 Å². The molecule has 1 unspecified atom stereocenters. The first-order valence-electron chi connectivity index (χ1n) is 9.94.